The van der Waals surface area contributed by atoms with Crippen molar-refractivity contribution >= 4 is 11.0 Å². The zero-order valence-corrected chi connectivity index (χ0v) is 16.9. The monoisotopic (exact) mass is 366 g/mol. The first-order valence-corrected chi connectivity index (χ1v) is 9.77. The van der Waals surface area contributed by atoms with Gasteiger partial charge < -0.3 is 14.4 Å². The standard InChI is InChI=1S/C23H30N2O2/c1-16-8-5-9-17(2)23(16)27-13-7-11-25-21-15-19(4)18(3)14-20(21)24-22(25)10-6-12-26/h5,8-9,14-15,26H,6-7,10-13H2,1-4H3. The van der Waals surface area contributed by atoms with Crippen molar-refractivity contribution in [2.75, 3.05) is 13.2 Å². The number of fused-ring (bicyclic) bond motifs is 1. The van der Waals surface area contributed by atoms with Crippen molar-refractivity contribution in [3.05, 3.63) is 58.4 Å². The summed E-state index contributed by atoms with van der Waals surface area (Å²) in [6, 6.07) is 10.6. The van der Waals surface area contributed by atoms with E-state index in [4.69, 9.17) is 9.72 Å². The maximum Gasteiger partial charge on any atom is 0.125 e. The third-order valence-corrected chi connectivity index (χ3v) is 5.18. The van der Waals surface area contributed by atoms with Crippen molar-refractivity contribution in [3.8, 4) is 5.75 Å². The molecule has 4 heteroatoms. The maximum absolute atomic E-state index is 9.22. The number of para-hydroxylation sites is 1. The number of ether oxygens (including phenoxy) is 1. The second kappa shape index (κ2) is 8.57. The molecule has 1 heterocycles. The smallest absolute Gasteiger partial charge is 0.125 e. The van der Waals surface area contributed by atoms with Crippen molar-refractivity contribution in [1.82, 2.24) is 9.55 Å². The SMILES string of the molecule is Cc1cc2nc(CCCO)n(CCCOc3c(C)cccc3C)c2cc1C. The van der Waals surface area contributed by atoms with Gasteiger partial charge in [-0.3, -0.25) is 0 Å². The summed E-state index contributed by atoms with van der Waals surface area (Å²) >= 11 is 0. The Morgan fingerprint density at radius 1 is 0.963 bits per heavy atom. The molecule has 0 saturated carbocycles. The molecule has 1 N–H and O–H groups in total. The highest BCUT2D eigenvalue weighted by molar-refractivity contribution is 5.78. The summed E-state index contributed by atoms with van der Waals surface area (Å²) in [4.78, 5) is 4.83. The van der Waals surface area contributed by atoms with Crippen molar-refractivity contribution in [2.45, 2.75) is 53.5 Å². The lowest BCUT2D eigenvalue weighted by atomic mass is 10.1. The summed E-state index contributed by atoms with van der Waals surface area (Å²) in [5.41, 5.74) is 7.12. The van der Waals surface area contributed by atoms with E-state index in [-0.39, 0.29) is 6.61 Å². The van der Waals surface area contributed by atoms with Gasteiger partial charge in [-0.1, -0.05) is 18.2 Å². The number of benzene rings is 2. The van der Waals surface area contributed by atoms with E-state index >= 15 is 0 Å². The minimum absolute atomic E-state index is 0.191. The van der Waals surface area contributed by atoms with Crippen molar-refractivity contribution in [1.29, 1.82) is 0 Å². The van der Waals surface area contributed by atoms with Gasteiger partial charge in [0.25, 0.3) is 0 Å². The molecule has 0 bridgehead atoms. The average molecular weight is 367 g/mol. The molecule has 0 fully saturated rings. The largest absolute Gasteiger partial charge is 0.493 e. The number of imidazole rings is 1. The number of nitrogens with zero attached hydrogens (tertiary/aromatic N) is 2. The molecule has 0 saturated heterocycles. The quantitative estimate of drug-likeness (QED) is 0.590. The van der Waals surface area contributed by atoms with Gasteiger partial charge in [0.1, 0.15) is 11.6 Å². The van der Waals surface area contributed by atoms with Crippen LogP contribution in [0.25, 0.3) is 11.0 Å². The summed E-state index contributed by atoms with van der Waals surface area (Å²) in [6.45, 7) is 10.2. The van der Waals surface area contributed by atoms with E-state index < -0.39 is 0 Å². The fourth-order valence-corrected chi connectivity index (χ4v) is 3.53. The number of hydrogen-bond donors (Lipinski definition) is 1. The highest BCUT2D eigenvalue weighted by Crippen LogP contribution is 2.24. The molecule has 4 nitrogen and oxygen atoms in total. The second-order valence-corrected chi connectivity index (χ2v) is 7.35. The molecule has 3 rings (SSSR count). The van der Waals surface area contributed by atoms with Crippen LogP contribution in [0.15, 0.2) is 30.3 Å². The Morgan fingerprint density at radius 2 is 1.67 bits per heavy atom. The third kappa shape index (κ3) is 4.33. The number of aliphatic hydroxyl groups excluding tert-OH is 1. The molecule has 0 spiro atoms. The molecular formula is C23H30N2O2. The van der Waals surface area contributed by atoms with E-state index in [0.29, 0.717) is 6.61 Å². The van der Waals surface area contributed by atoms with Gasteiger partial charge >= 0.3 is 0 Å². The summed E-state index contributed by atoms with van der Waals surface area (Å²) in [5.74, 6) is 2.05. The molecule has 0 aliphatic carbocycles. The zero-order chi connectivity index (χ0) is 19.4. The van der Waals surface area contributed by atoms with Gasteiger partial charge in [-0.25, -0.2) is 4.98 Å². The molecule has 0 atom stereocenters. The van der Waals surface area contributed by atoms with Crippen LogP contribution in [0.5, 0.6) is 5.75 Å². The number of aliphatic hydroxyl groups is 1. The molecule has 0 amide bonds. The maximum atomic E-state index is 9.22. The van der Waals surface area contributed by atoms with Gasteiger partial charge in [0.2, 0.25) is 0 Å². The Balaban J connectivity index is 1.75. The minimum Gasteiger partial charge on any atom is -0.493 e. The lowest BCUT2D eigenvalue weighted by molar-refractivity contribution is 0.285. The summed E-state index contributed by atoms with van der Waals surface area (Å²) < 4.78 is 8.37. The van der Waals surface area contributed by atoms with Gasteiger partial charge in [-0.15, -0.1) is 0 Å². The van der Waals surface area contributed by atoms with E-state index in [1.807, 2.05) is 0 Å². The van der Waals surface area contributed by atoms with Gasteiger partial charge in [-0.2, -0.15) is 0 Å². The van der Waals surface area contributed by atoms with Gasteiger partial charge in [0.15, 0.2) is 0 Å². The van der Waals surface area contributed by atoms with Crippen LogP contribution in [0.3, 0.4) is 0 Å². The predicted molar refractivity (Wildman–Crippen MR) is 111 cm³/mol. The first-order chi connectivity index (χ1) is 13.0. The molecule has 27 heavy (non-hydrogen) atoms. The Hall–Kier alpha value is -2.33. The Labute approximate surface area is 161 Å². The third-order valence-electron chi connectivity index (χ3n) is 5.18. The van der Waals surface area contributed by atoms with E-state index in [1.165, 1.54) is 27.8 Å². The molecule has 0 aliphatic rings. The van der Waals surface area contributed by atoms with Crippen LogP contribution in [-0.4, -0.2) is 27.9 Å². The summed E-state index contributed by atoms with van der Waals surface area (Å²) in [7, 11) is 0. The predicted octanol–water partition coefficient (Wildman–Crippen LogP) is 4.66. The highest BCUT2D eigenvalue weighted by Gasteiger charge is 2.12. The van der Waals surface area contributed by atoms with Crippen LogP contribution in [0, 0.1) is 27.7 Å². The van der Waals surface area contributed by atoms with Crippen molar-refractivity contribution < 1.29 is 9.84 Å². The zero-order valence-electron chi connectivity index (χ0n) is 16.9. The molecule has 3 aromatic rings. The molecular weight excluding hydrogens is 336 g/mol. The first kappa shape index (κ1) is 19.4. The Kier molecular flexibility index (Phi) is 6.17. The Morgan fingerprint density at radius 3 is 2.37 bits per heavy atom. The van der Waals surface area contributed by atoms with Crippen molar-refractivity contribution in [3.63, 3.8) is 0 Å². The fraction of sp³-hybridized carbons (Fsp3) is 0.435. The number of aryl methyl sites for hydroxylation is 6. The summed E-state index contributed by atoms with van der Waals surface area (Å²) in [6.07, 6.45) is 2.44. The topological polar surface area (TPSA) is 47.3 Å². The Bertz CT molecular complexity index is 908. The van der Waals surface area contributed by atoms with Gasteiger partial charge in [0, 0.05) is 19.6 Å². The molecule has 1 aromatic heterocycles. The molecule has 144 valence electrons. The number of hydrogen-bond acceptors (Lipinski definition) is 3. The van der Waals surface area contributed by atoms with E-state index in [2.05, 4.69) is 62.6 Å². The molecule has 0 aliphatic heterocycles. The molecule has 2 aromatic carbocycles. The van der Waals surface area contributed by atoms with Crippen LogP contribution in [0.2, 0.25) is 0 Å². The van der Waals surface area contributed by atoms with E-state index in [0.717, 1.165) is 42.9 Å². The molecule has 0 radical (unpaired) electrons. The minimum atomic E-state index is 0.191. The van der Waals surface area contributed by atoms with E-state index in [9.17, 15) is 5.11 Å². The van der Waals surface area contributed by atoms with Crippen molar-refractivity contribution in [2.24, 2.45) is 0 Å². The number of rotatable bonds is 8. The van der Waals surface area contributed by atoms with Gasteiger partial charge in [0.05, 0.1) is 17.6 Å². The lowest BCUT2D eigenvalue weighted by Gasteiger charge is -2.13. The highest BCUT2D eigenvalue weighted by atomic mass is 16.5. The summed E-state index contributed by atoms with van der Waals surface area (Å²) in [5, 5.41) is 9.22. The van der Waals surface area contributed by atoms with E-state index in [1.54, 1.807) is 0 Å². The normalized spacial score (nSPS) is 11.3. The fourth-order valence-electron chi connectivity index (χ4n) is 3.53. The van der Waals surface area contributed by atoms with Crippen LogP contribution in [-0.2, 0) is 13.0 Å². The average Bonchev–Trinajstić information content (AvgIpc) is 2.96. The molecule has 0 unspecified atom stereocenters. The first-order valence-electron chi connectivity index (χ1n) is 9.77. The second-order valence-electron chi connectivity index (χ2n) is 7.35. The number of aromatic nitrogens is 2. The van der Waals surface area contributed by atoms with Gasteiger partial charge in [-0.05, 0) is 74.9 Å². The van der Waals surface area contributed by atoms with Crippen LogP contribution in [0.4, 0.5) is 0 Å². The van der Waals surface area contributed by atoms with Crippen LogP contribution in [0.1, 0.15) is 40.9 Å². The van der Waals surface area contributed by atoms with Crippen LogP contribution < -0.4 is 4.74 Å². The van der Waals surface area contributed by atoms with Crippen LogP contribution >= 0.6 is 0 Å². The lowest BCUT2D eigenvalue weighted by Crippen LogP contribution is -2.09.